The predicted octanol–water partition coefficient (Wildman–Crippen LogP) is 2.89. The summed E-state index contributed by atoms with van der Waals surface area (Å²) in [4.78, 5) is 22.1. The number of carbonyl (C=O) groups is 2. The molecule has 2 aromatic rings. The highest BCUT2D eigenvalue weighted by Crippen LogP contribution is 2.27. The van der Waals surface area contributed by atoms with Crippen molar-refractivity contribution >= 4 is 23.4 Å². The second kappa shape index (κ2) is 7.61. The molecule has 0 aliphatic heterocycles. The highest BCUT2D eigenvalue weighted by atomic mass is 35.5. The zero-order chi connectivity index (χ0) is 15.9. The summed E-state index contributed by atoms with van der Waals surface area (Å²) >= 11 is 6.17. The van der Waals surface area contributed by atoms with Crippen LogP contribution < -0.4 is 11.1 Å². The second-order valence-corrected chi connectivity index (χ2v) is 5.33. The third-order valence-corrected chi connectivity index (χ3v) is 3.56. The molecule has 0 heterocycles. The van der Waals surface area contributed by atoms with Crippen LogP contribution in [0.4, 0.5) is 0 Å². The van der Waals surface area contributed by atoms with Crippen molar-refractivity contribution in [1.82, 2.24) is 5.32 Å². The van der Waals surface area contributed by atoms with Crippen LogP contribution >= 0.6 is 11.6 Å². The van der Waals surface area contributed by atoms with Crippen molar-refractivity contribution in [3.63, 3.8) is 0 Å². The lowest BCUT2D eigenvalue weighted by Crippen LogP contribution is -2.24. The van der Waals surface area contributed by atoms with Crippen molar-refractivity contribution in [3.8, 4) is 11.1 Å². The van der Waals surface area contributed by atoms with E-state index in [4.69, 9.17) is 17.3 Å². The van der Waals surface area contributed by atoms with Gasteiger partial charge >= 0.3 is 0 Å². The molecule has 4 nitrogen and oxygen atoms in total. The SMILES string of the molecule is NC(=O)CCC(=O)NCc1ccc(-c2ccccc2Cl)cc1. The molecule has 114 valence electrons. The first-order valence-corrected chi connectivity index (χ1v) is 7.33. The number of halogens is 1. The standard InChI is InChI=1S/C17H17ClN2O2/c18-15-4-2-1-3-14(15)13-7-5-12(6-8-13)11-20-17(22)10-9-16(19)21/h1-8H,9-11H2,(H2,19,21)(H,20,22). The number of hydrogen-bond donors (Lipinski definition) is 2. The van der Waals surface area contributed by atoms with Crippen molar-refractivity contribution in [2.45, 2.75) is 19.4 Å². The maximum atomic E-state index is 11.5. The Morgan fingerprint density at radius 2 is 1.68 bits per heavy atom. The van der Waals surface area contributed by atoms with Crippen LogP contribution in [0.5, 0.6) is 0 Å². The molecule has 0 unspecified atom stereocenters. The van der Waals surface area contributed by atoms with E-state index in [1.54, 1.807) is 0 Å². The first-order valence-electron chi connectivity index (χ1n) is 6.95. The molecule has 3 N–H and O–H groups in total. The van der Waals surface area contributed by atoms with E-state index in [1.165, 1.54) is 0 Å². The highest BCUT2D eigenvalue weighted by Gasteiger charge is 2.05. The lowest BCUT2D eigenvalue weighted by atomic mass is 10.0. The van der Waals surface area contributed by atoms with Gasteiger partial charge in [0.2, 0.25) is 11.8 Å². The topological polar surface area (TPSA) is 72.2 Å². The summed E-state index contributed by atoms with van der Waals surface area (Å²) in [5.41, 5.74) is 7.97. The maximum absolute atomic E-state index is 11.5. The van der Waals surface area contributed by atoms with Gasteiger partial charge in [-0.25, -0.2) is 0 Å². The maximum Gasteiger partial charge on any atom is 0.220 e. The monoisotopic (exact) mass is 316 g/mol. The van der Waals surface area contributed by atoms with Crippen LogP contribution in [0.3, 0.4) is 0 Å². The van der Waals surface area contributed by atoms with E-state index in [1.807, 2.05) is 48.5 Å². The molecular weight excluding hydrogens is 300 g/mol. The first-order chi connectivity index (χ1) is 10.6. The van der Waals surface area contributed by atoms with Crippen LogP contribution in [0, 0.1) is 0 Å². The number of nitrogens with two attached hydrogens (primary N) is 1. The van der Waals surface area contributed by atoms with Gasteiger partial charge in [-0.2, -0.15) is 0 Å². The lowest BCUT2D eigenvalue weighted by Gasteiger charge is -2.07. The minimum atomic E-state index is -0.473. The smallest absolute Gasteiger partial charge is 0.220 e. The van der Waals surface area contributed by atoms with Crippen LogP contribution in [0.2, 0.25) is 5.02 Å². The van der Waals surface area contributed by atoms with Crippen molar-refractivity contribution in [3.05, 3.63) is 59.1 Å². The number of primary amides is 1. The molecule has 0 spiro atoms. The van der Waals surface area contributed by atoms with Gasteiger partial charge in [0.25, 0.3) is 0 Å². The highest BCUT2D eigenvalue weighted by molar-refractivity contribution is 6.33. The number of carbonyl (C=O) groups excluding carboxylic acids is 2. The quantitative estimate of drug-likeness (QED) is 0.860. The Kier molecular flexibility index (Phi) is 5.55. The summed E-state index contributed by atoms with van der Waals surface area (Å²) in [6, 6.07) is 15.4. The fourth-order valence-corrected chi connectivity index (χ4v) is 2.27. The van der Waals surface area contributed by atoms with Crippen LogP contribution in [0.1, 0.15) is 18.4 Å². The third kappa shape index (κ3) is 4.60. The molecule has 0 fully saturated rings. The Morgan fingerprint density at radius 3 is 2.32 bits per heavy atom. The van der Waals surface area contributed by atoms with Gasteiger partial charge in [-0.3, -0.25) is 9.59 Å². The van der Waals surface area contributed by atoms with Gasteiger partial charge in [-0.1, -0.05) is 54.1 Å². The van der Waals surface area contributed by atoms with E-state index >= 15 is 0 Å². The van der Waals surface area contributed by atoms with Gasteiger partial charge in [-0.05, 0) is 17.2 Å². The summed E-state index contributed by atoms with van der Waals surface area (Å²) in [6.07, 6.45) is 0.185. The fraction of sp³-hybridized carbons (Fsp3) is 0.176. The largest absolute Gasteiger partial charge is 0.370 e. The fourth-order valence-electron chi connectivity index (χ4n) is 2.02. The number of hydrogen-bond acceptors (Lipinski definition) is 2. The molecule has 2 aromatic carbocycles. The second-order valence-electron chi connectivity index (χ2n) is 4.92. The van der Waals surface area contributed by atoms with E-state index in [2.05, 4.69) is 5.32 Å². The summed E-state index contributed by atoms with van der Waals surface area (Å²) in [5.74, 6) is -0.659. The average molecular weight is 317 g/mol. The van der Waals surface area contributed by atoms with Gasteiger partial charge < -0.3 is 11.1 Å². The number of nitrogens with one attached hydrogen (secondary N) is 1. The minimum absolute atomic E-state index is 0.0667. The normalized spacial score (nSPS) is 10.2. The first kappa shape index (κ1) is 16.0. The molecule has 0 saturated carbocycles. The molecule has 0 aliphatic rings. The van der Waals surface area contributed by atoms with Crippen LogP contribution in [-0.2, 0) is 16.1 Å². The number of benzene rings is 2. The molecule has 5 heteroatoms. The minimum Gasteiger partial charge on any atom is -0.370 e. The van der Waals surface area contributed by atoms with Gasteiger partial charge in [-0.15, -0.1) is 0 Å². The van der Waals surface area contributed by atoms with Crippen molar-refractivity contribution < 1.29 is 9.59 Å². The van der Waals surface area contributed by atoms with Crippen molar-refractivity contribution in [2.75, 3.05) is 0 Å². The molecule has 0 aromatic heterocycles. The Labute approximate surface area is 134 Å². The number of amides is 2. The summed E-state index contributed by atoms with van der Waals surface area (Å²) in [7, 11) is 0. The molecular formula is C17H17ClN2O2. The predicted molar refractivity (Wildman–Crippen MR) is 87.2 cm³/mol. The van der Waals surface area contributed by atoms with Gasteiger partial charge in [0, 0.05) is 30.0 Å². The van der Waals surface area contributed by atoms with Crippen LogP contribution in [0.15, 0.2) is 48.5 Å². The Balaban J connectivity index is 1.94. The number of rotatable bonds is 6. The molecule has 22 heavy (non-hydrogen) atoms. The molecule has 0 atom stereocenters. The summed E-state index contributed by atoms with van der Waals surface area (Å²) < 4.78 is 0. The third-order valence-electron chi connectivity index (χ3n) is 3.23. The Bertz CT molecular complexity index is 669. The van der Waals surface area contributed by atoms with Gasteiger partial charge in [0.05, 0.1) is 0 Å². The molecule has 0 aliphatic carbocycles. The Hall–Kier alpha value is -2.33. The average Bonchev–Trinajstić information content (AvgIpc) is 2.52. The molecule has 2 amide bonds. The molecule has 0 bridgehead atoms. The van der Waals surface area contributed by atoms with Crippen LogP contribution in [-0.4, -0.2) is 11.8 Å². The lowest BCUT2D eigenvalue weighted by molar-refractivity contribution is -0.125. The summed E-state index contributed by atoms with van der Waals surface area (Å²) in [6.45, 7) is 0.417. The Morgan fingerprint density at radius 1 is 1.00 bits per heavy atom. The van der Waals surface area contributed by atoms with E-state index in [0.29, 0.717) is 11.6 Å². The van der Waals surface area contributed by atoms with Crippen LogP contribution in [0.25, 0.3) is 11.1 Å². The van der Waals surface area contributed by atoms with E-state index in [9.17, 15) is 9.59 Å². The van der Waals surface area contributed by atoms with Gasteiger partial charge in [0.15, 0.2) is 0 Å². The van der Waals surface area contributed by atoms with Crippen molar-refractivity contribution in [2.24, 2.45) is 5.73 Å². The van der Waals surface area contributed by atoms with E-state index in [0.717, 1.165) is 16.7 Å². The molecule has 0 radical (unpaired) electrons. The zero-order valence-corrected chi connectivity index (χ0v) is 12.8. The van der Waals surface area contributed by atoms with Gasteiger partial charge in [0.1, 0.15) is 0 Å². The zero-order valence-electron chi connectivity index (χ0n) is 12.0. The van der Waals surface area contributed by atoms with Crippen molar-refractivity contribution in [1.29, 1.82) is 0 Å². The molecule has 0 saturated heterocycles. The van der Waals surface area contributed by atoms with E-state index in [-0.39, 0.29) is 18.7 Å². The van der Waals surface area contributed by atoms with E-state index < -0.39 is 5.91 Å². The summed E-state index contributed by atoms with van der Waals surface area (Å²) in [5, 5.41) is 3.46. The molecule has 2 rings (SSSR count).